The molecule has 0 atom stereocenters. The third-order valence-corrected chi connectivity index (χ3v) is 3.21. The van der Waals surface area contributed by atoms with E-state index in [0.29, 0.717) is 10.6 Å². The van der Waals surface area contributed by atoms with E-state index in [-0.39, 0.29) is 11.7 Å². The van der Waals surface area contributed by atoms with Gasteiger partial charge in [-0.15, -0.1) is 11.3 Å². The van der Waals surface area contributed by atoms with Crippen LogP contribution in [0.15, 0.2) is 18.2 Å². The number of benzene rings is 1. The summed E-state index contributed by atoms with van der Waals surface area (Å²) in [5, 5.41) is 10.0. The maximum atomic E-state index is 12.9. The molecule has 0 bridgehead atoms. The molecule has 0 amide bonds. The molecule has 68 valence electrons. The van der Waals surface area contributed by atoms with Gasteiger partial charge in [0.2, 0.25) is 0 Å². The van der Waals surface area contributed by atoms with Crippen molar-refractivity contribution in [2.45, 2.75) is 6.61 Å². The molecule has 1 aromatic carbocycles. The third kappa shape index (κ3) is 1.43. The number of aliphatic hydroxyl groups excluding tert-OH is 1. The van der Waals surface area contributed by atoms with Gasteiger partial charge in [-0.25, -0.2) is 0 Å². The lowest BCUT2D eigenvalue weighted by Gasteiger charge is -2.00. The van der Waals surface area contributed by atoms with Crippen molar-refractivity contribution >= 4 is 33.0 Å². The molecule has 0 fully saturated rings. The normalized spacial score (nSPS) is 11.0. The lowest BCUT2D eigenvalue weighted by atomic mass is 10.2. The Labute approximate surface area is 83.4 Å². The van der Waals surface area contributed by atoms with Gasteiger partial charge in [-0.3, -0.25) is 0 Å². The molecule has 0 spiro atoms. The topological polar surface area (TPSA) is 20.2 Å². The first-order chi connectivity index (χ1) is 6.22. The standard InChI is InChI=1S/C9H6ClFOS/c10-7-2-1-5-3-8(11)13-9(5)6(7)4-12/h1-3,12H,4H2. The van der Waals surface area contributed by atoms with Crippen molar-refractivity contribution in [1.29, 1.82) is 0 Å². The van der Waals surface area contributed by atoms with Crippen LogP contribution in [0.25, 0.3) is 10.1 Å². The molecular weight excluding hydrogens is 211 g/mol. The van der Waals surface area contributed by atoms with Gasteiger partial charge in [0.05, 0.1) is 6.61 Å². The molecule has 2 aromatic rings. The Balaban J connectivity index is 2.82. The van der Waals surface area contributed by atoms with E-state index in [2.05, 4.69) is 0 Å². The zero-order valence-electron chi connectivity index (χ0n) is 6.55. The van der Waals surface area contributed by atoms with Crippen LogP contribution in [0.3, 0.4) is 0 Å². The van der Waals surface area contributed by atoms with Crippen LogP contribution in [0.1, 0.15) is 5.56 Å². The van der Waals surface area contributed by atoms with Crippen molar-refractivity contribution in [3.8, 4) is 0 Å². The Bertz CT molecular complexity index is 452. The second kappa shape index (κ2) is 3.25. The minimum absolute atomic E-state index is 0.157. The maximum Gasteiger partial charge on any atom is 0.177 e. The SMILES string of the molecule is OCc1c(Cl)ccc2cc(F)sc12. The molecule has 0 aliphatic carbocycles. The fourth-order valence-electron chi connectivity index (χ4n) is 1.25. The van der Waals surface area contributed by atoms with Gasteiger partial charge in [0.1, 0.15) is 0 Å². The number of rotatable bonds is 1. The van der Waals surface area contributed by atoms with Gasteiger partial charge < -0.3 is 5.11 Å². The lowest BCUT2D eigenvalue weighted by molar-refractivity contribution is 0.283. The molecule has 13 heavy (non-hydrogen) atoms. The summed E-state index contributed by atoms with van der Waals surface area (Å²) in [4.78, 5) is 0. The van der Waals surface area contributed by atoms with Crippen molar-refractivity contribution in [2.75, 3.05) is 0 Å². The van der Waals surface area contributed by atoms with Crippen LogP contribution in [0, 0.1) is 5.13 Å². The van der Waals surface area contributed by atoms with Crippen molar-refractivity contribution < 1.29 is 9.50 Å². The molecule has 2 rings (SSSR count). The monoisotopic (exact) mass is 216 g/mol. The molecule has 0 aliphatic rings. The minimum atomic E-state index is -0.257. The van der Waals surface area contributed by atoms with E-state index in [4.69, 9.17) is 16.7 Å². The molecule has 1 N–H and O–H groups in total. The molecule has 1 nitrogen and oxygen atoms in total. The van der Waals surface area contributed by atoms with E-state index in [1.165, 1.54) is 6.07 Å². The summed E-state index contributed by atoms with van der Waals surface area (Å²) in [7, 11) is 0. The highest BCUT2D eigenvalue weighted by Gasteiger charge is 2.08. The summed E-state index contributed by atoms with van der Waals surface area (Å²) in [5.41, 5.74) is 0.605. The highest BCUT2D eigenvalue weighted by Crippen LogP contribution is 2.32. The zero-order valence-corrected chi connectivity index (χ0v) is 8.12. The van der Waals surface area contributed by atoms with E-state index in [0.717, 1.165) is 21.4 Å². The first kappa shape index (κ1) is 8.94. The second-order valence-corrected chi connectivity index (χ2v) is 4.06. The van der Waals surface area contributed by atoms with Crippen LogP contribution < -0.4 is 0 Å². The van der Waals surface area contributed by atoms with Crippen LogP contribution in [0.4, 0.5) is 4.39 Å². The molecule has 0 saturated carbocycles. The number of hydrogen-bond donors (Lipinski definition) is 1. The zero-order chi connectivity index (χ0) is 9.42. The molecule has 0 aliphatic heterocycles. The van der Waals surface area contributed by atoms with Crippen LogP contribution in [-0.2, 0) is 6.61 Å². The van der Waals surface area contributed by atoms with E-state index in [1.807, 2.05) is 0 Å². The predicted octanol–water partition coefficient (Wildman–Crippen LogP) is 3.19. The molecule has 0 saturated heterocycles. The van der Waals surface area contributed by atoms with Crippen LogP contribution in [0.5, 0.6) is 0 Å². The summed E-state index contributed by atoms with van der Waals surface area (Å²) in [6.07, 6.45) is 0. The number of thiophene rings is 1. The largest absolute Gasteiger partial charge is 0.392 e. The van der Waals surface area contributed by atoms with Gasteiger partial charge in [0, 0.05) is 15.3 Å². The summed E-state index contributed by atoms with van der Waals surface area (Å²) in [5.74, 6) is 0. The van der Waals surface area contributed by atoms with E-state index in [9.17, 15) is 4.39 Å². The lowest BCUT2D eigenvalue weighted by Crippen LogP contribution is -1.83. The predicted molar refractivity (Wildman–Crippen MR) is 52.7 cm³/mol. The molecule has 4 heteroatoms. The van der Waals surface area contributed by atoms with Gasteiger partial charge in [-0.05, 0) is 17.5 Å². The van der Waals surface area contributed by atoms with Crippen LogP contribution in [0.2, 0.25) is 5.02 Å². The Morgan fingerprint density at radius 2 is 2.23 bits per heavy atom. The van der Waals surface area contributed by atoms with Gasteiger partial charge in [0.25, 0.3) is 0 Å². The Kier molecular flexibility index (Phi) is 2.24. The first-order valence-electron chi connectivity index (χ1n) is 3.69. The van der Waals surface area contributed by atoms with Crippen LogP contribution >= 0.6 is 22.9 Å². The average Bonchev–Trinajstić information content (AvgIpc) is 2.45. The average molecular weight is 217 g/mol. The smallest absolute Gasteiger partial charge is 0.177 e. The minimum Gasteiger partial charge on any atom is -0.392 e. The maximum absolute atomic E-state index is 12.9. The molecule has 1 heterocycles. The van der Waals surface area contributed by atoms with Gasteiger partial charge in [0.15, 0.2) is 5.13 Å². The van der Waals surface area contributed by atoms with Crippen molar-refractivity contribution in [2.24, 2.45) is 0 Å². The fourth-order valence-corrected chi connectivity index (χ4v) is 2.45. The Morgan fingerprint density at radius 1 is 1.46 bits per heavy atom. The molecule has 1 aromatic heterocycles. The molecule has 0 radical (unpaired) electrons. The summed E-state index contributed by atoms with van der Waals surface area (Å²) in [6.45, 7) is -0.157. The van der Waals surface area contributed by atoms with Crippen molar-refractivity contribution in [3.63, 3.8) is 0 Å². The Morgan fingerprint density at radius 3 is 2.92 bits per heavy atom. The van der Waals surface area contributed by atoms with Gasteiger partial charge in [-0.2, -0.15) is 4.39 Å². The number of hydrogen-bond acceptors (Lipinski definition) is 2. The summed E-state index contributed by atoms with van der Waals surface area (Å²) in [6, 6.07) is 4.85. The van der Waals surface area contributed by atoms with Gasteiger partial charge >= 0.3 is 0 Å². The molecular formula is C9H6ClFOS. The third-order valence-electron chi connectivity index (χ3n) is 1.86. The molecule has 0 unspecified atom stereocenters. The highest BCUT2D eigenvalue weighted by atomic mass is 35.5. The number of aliphatic hydroxyl groups is 1. The summed E-state index contributed by atoms with van der Waals surface area (Å²) >= 11 is 6.84. The van der Waals surface area contributed by atoms with E-state index >= 15 is 0 Å². The first-order valence-corrected chi connectivity index (χ1v) is 4.89. The van der Waals surface area contributed by atoms with E-state index < -0.39 is 0 Å². The van der Waals surface area contributed by atoms with Gasteiger partial charge in [-0.1, -0.05) is 17.7 Å². The summed E-state index contributed by atoms with van der Waals surface area (Å²) < 4.78 is 13.6. The van der Waals surface area contributed by atoms with Crippen LogP contribution in [-0.4, -0.2) is 5.11 Å². The van der Waals surface area contributed by atoms with Crippen molar-refractivity contribution in [1.82, 2.24) is 0 Å². The number of fused-ring (bicyclic) bond motifs is 1. The van der Waals surface area contributed by atoms with E-state index in [1.54, 1.807) is 12.1 Å². The fraction of sp³-hybridized carbons (Fsp3) is 0.111. The second-order valence-electron chi connectivity index (χ2n) is 2.65. The Hall–Kier alpha value is -0.640. The quantitative estimate of drug-likeness (QED) is 0.776. The highest BCUT2D eigenvalue weighted by molar-refractivity contribution is 7.17. The number of halogens is 2. The van der Waals surface area contributed by atoms with Crippen molar-refractivity contribution in [3.05, 3.63) is 33.9 Å².